The van der Waals surface area contributed by atoms with E-state index in [9.17, 15) is 14.8 Å². The highest BCUT2D eigenvalue weighted by molar-refractivity contribution is 7.18. The van der Waals surface area contributed by atoms with Crippen molar-refractivity contribution in [2.45, 2.75) is 38.9 Å². The first kappa shape index (κ1) is 24.0. The van der Waals surface area contributed by atoms with Gasteiger partial charge in [-0.2, -0.15) is 5.26 Å². The predicted molar refractivity (Wildman–Crippen MR) is 128 cm³/mol. The molecule has 2 aliphatic heterocycles. The molecule has 0 spiro atoms. The van der Waals surface area contributed by atoms with Crippen molar-refractivity contribution in [1.82, 2.24) is 14.9 Å². The van der Waals surface area contributed by atoms with Crippen molar-refractivity contribution >= 4 is 21.6 Å². The molecule has 0 radical (unpaired) electrons. The average molecular weight is 499 g/mol. The topological polar surface area (TPSA) is 101 Å². The molecule has 2 aromatic heterocycles. The summed E-state index contributed by atoms with van der Waals surface area (Å²) >= 11 is 1.43. The minimum atomic E-state index is -0.991. The summed E-state index contributed by atoms with van der Waals surface area (Å²) in [6.07, 6.45) is 0.326. The minimum absolute atomic E-state index is 0.0347. The van der Waals surface area contributed by atoms with E-state index in [4.69, 9.17) is 14.2 Å². The van der Waals surface area contributed by atoms with Gasteiger partial charge in [0.1, 0.15) is 22.9 Å². The monoisotopic (exact) mass is 498 g/mol. The van der Waals surface area contributed by atoms with Gasteiger partial charge in [0.2, 0.25) is 12.3 Å². The summed E-state index contributed by atoms with van der Waals surface area (Å²) in [5, 5.41) is 22.0. The molecule has 2 fully saturated rings. The van der Waals surface area contributed by atoms with Gasteiger partial charge < -0.3 is 19.3 Å². The Kier molecular flexibility index (Phi) is 6.46. The Morgan fingerprint density at radius 2 is 1.97 bits per heavy atom. The zero-order valence-electron chi connectivity index (χ0n) is 19.8. The third-order valence-corrected chi connectivity index (χ3v) is 7.22. The molecule has 1 N–H and O–H groups in total. The van der Waals surface area contributed by atoms with Crippen LogP contribution < -0.4 is 4.74 Å². The Morgan fingerprint density at radius 3 is 2.66 bits per heavy atom. The maximum absolute atomic E-state index is 13.7. The van der Waals surface area contributed by atoms with E-state index < -0.39 is 17.8 Å². The van der Waals surface area contributed by atoms with Crippen molar-refractivity contribution < 1.29 is 23.7 Å². The summed E-state index contributed by atoms with van der Waals surface area (Å²) in [7, 11) is 0. The number of piperidine rings is 1. The highest BCUT2D eigenvalue weighted by Crippen LogP contribution is 2.40. The molecule has 2 saturated heterocycles. The van der Waals surface area contributed by atoms with Crippen molar-refractivity contribution in [3.05, 3.63) is 41.3 Å². The van der Waals surface area contributed by atoms with Crippen LogP contribution in [0.15, 0.2) is 29.9 Å². The number of thiophene rings is 1. The van der Waals surface area contributed by atoms with Crippen molar-refractivity contribution in [2.75, 3.05) is 26.3 Å². The van der Waals surface area contributed by atoms with E-state index in [0.29, 0.717) is 43.3 Å². The van der Waals surface area contributed by atoms with Crippen LogP contribution in [0.5, 0.6) is 5.88 Å². The number of benzene rings is 1. The van der Waals surface area contributed by atoms with Gasteiger partial charge >= 0.3 is 0 Å². The molecule has 2 aliphatic rings. The van der Waals surface area contributed by atoms with E-state index in [2.05, 4.69) is 16.0 Å². The highest BCUT2D eigenvalue weighted by Gasteiger charge is 2.44. The first-order chi connectivity index (χ1) is 16.7. The van der Waals surface area contributed by atoms with Gasteiger partial charge in [-0.25, -0.2) is 14.4 Å². The number of nitriles is 1. The molecule has 1 aromatic carbocycles. The Morgan fingerprint density at radius 1 is 1.23 bits per heavy atom. The van der Waals surface area contributed by atoms with Gasteiger partial charge in [-0.15, -0.1) is 11.3 Å². The number of aliphatic hydroxyl groups excluding tert-OH is 1. The normalized spacial score (nSPS) is 23.7. The van der Waals surface area contributed by atoms with Crippen LogP contribution in [0, 0.1) is 29.0 Å². The average Bonchev–Trinajstić information content (AvgIpc) is 3.22. The summed E-state index contributed by atoms with van der Waals surface area (Å²) in [5.41, 5.74) is 1.82. The standard InChI is InChI=1S/C25H27FN4O4S/c1-25(2,3)34-24(31)30-8-15-10-32-11-16(9-30)21(15)33-23-22-20(28-13-29-23)19(12-35-22)18-5-4-17(26)6-14(18)7-27/h4-6,12-13,15-16,21,24,31H,8-11H2,1-3H3. The van der Waals surface area contributed by atoms with Crippen LogP contribution in [0.3, 0.4) is 0 Å². The van der Waals surface area contributed by atoms with Crippen LogP contribution in [0.2, 0.25) is 0 Å². The molecule has 8 nitrogen and oxygen atoms in total. The van der Waals surface area contributed by atoms with E-state index in [0.717, 1.165) is 10.3 Å². The zero-order chi connectivity index (χ0) is 24.7. The number of rotatable bonds is 5. The van der Waals surface area contributed by atoms with Crippen molar-refractivity contribution in [1.29, 1.82) is 5.26 Å². The number of ether oxygens (including phenoxy) is 3. The Hall–Kier alpha value is -2.68. The number of hydrogen-bond donors (Lipinski definition) is 1. The van der Waals surface area contributed by atoms with Crippen molar-refractivity contribution in [3.8, 4) is 23.1 Å². The number of hydrogen-bond acceptors (Lipinski definition) is 9. The summed E-state index contributed by atoms with van der Waals surface area (Å²) in [4.78, 5) is 10.8. The molecular weight excluding hydrogens is 471 g/mol. The quantitative estimate of drug-likeness (QED) is 0.531. The third-order valence-electron chi connectivity index (χ3n) is 6.26. The van der Waals surface area contributed by atoms with Gasteiger partial charge in [0, 0.05) is 41.4 Å². The van der Waals surface area contributed by atoms with E-state index in [1.807, 2.05) is 31.1 Å². The summed E-state index contributed by atoms with van der Waals surface area (Å²) in [6, 6.07) is 6.23. The molecule has 35 heavy (non-hydrogen) atoms. The van der Waals surface area contributed by atoms with Crippen LogP contribution >= 0.6 is 11.3 Å². The van der Waals surface area contributed by atoms with Gasteiger partial charge in [-0.3, -0.25) is 4.90 Å². The van der Waals surface area contributed by atoms with E-state index in [-0.39, 0.29) is 23.5 Å². The SMILES string of the molecule is CC(C)(C)OC(O)N1CC2COCC(C1)C2Oc1ncnc2c(-c3ccc(F)cc3C#N)csc12. The lowest BCUT2D eigenvalue weighted by molar-refractivity contribution is -0.262. The molecule has 10 heteroatoms. The fourth-order valence-corrected chi connectivity index (χ4v) is 5.73. The number of nitrogens with zero attached hydrogens (tertiary/aromatic N) is 4. The van der Waals surface area contributed by atoms with Gasteiger partial charge in [-0.1, -0.05) is 6.07 Å². The van der Waals surface area contributed by atoms with E-state index in [1.165, 1.54) is 29.8 Å². The van der Waals surface area contributed by atoms with Gasteiger partial charge in [0.05, 0.1) is 36.0 Å². The molecule has 0 saturated carbocycles. The molecule has 3 unspecified atom stereocenters. The minimum Gasteiger partial charge on any atom is -0.472 e. The number of likely N-dealkylation sites (tertiary alicyclic amines) is 1. The molecule has 5 rings (SSSR count). The Bertz CT molecular complexity index is 1260. The Balaban J connectivity index is 1.40. The maximum atomic E-state index is 13.7. The largest absolute Gasteiger partial charge is 0.472 e. The lowest BCUT2D eigenvalue weighted by atomic mass is 9.84. The molecule has 0 aliphatic carbocycles. The summed E-state index contributed by atoms with van der Waals surface area (Å²) in [5.74, 6) is 0.0928. The second-order valence-electron chi connectivity index (χ2n) is 9.96. The Labute approximate surface area is 206 Å². The fourth-order valence-electron chi connectivity index (χ4n) is 4.78. The number of fused-ring (bicyclic) bond motifs is 3. The van der Waals surface area contributed by atoms with Crippen LogP contribution in [0.1, 0.15) is 26.3 Å². The molecule has 4 heterocycles. The number of aliphatic hydroxyl groups is 1. The van der Waals surface area contributed by atoms with Crippen LogP contribution in [0.4, 0.5) is 4.39 Å². The zero-order valence-corrected chi connectivity index (χ0v) is 20.6. The molecule has 0 amide bonds. The molecule has 2 bridgehead atoms. The lowest BCUT2D eigenvalue weighted by Gasteiger charge is -2.47. The van der Waals surface area contributed by atoms with Crippen LogP contribution in [-0.2, 0) is 9.47 Å². The lowest BCUT2D eigenvalue weighted by Crippen LogP contribution is -2.60. The van der Waals surface area contributed by atoms with Gasteiger partial charge in [-0.05, 0) is 32.9 Å². The number of halogens is 1. The molecule has 3 aromatic rings. The summed E-state index contributed by atoms with van der Waals surface area (Å²) < 4.78 is 32.5. The first-order valence-corrected chi connectivity index (χ1v) is 12.4. The maximum Gasteiger partial charge on any atom is 0.235 e. The van der Waals surface area contributed by atoms with Gasteiger partial charge in [0.15, 0.2) is 0 Å². The van der Waals surface area contributed by atoms with Crippen molar-refractivity contribution in [3.63, 3.8) is 0 Å². The van der Waals surface area contributed by atoms with E-state index in [1.54, 1.807) is 6.07 Å². The number of aromatic nitrogens is 2. The second-order valence-corrected chi connectivity index (χ2v) is 10.8. The summed E-state index contributed by atoms with van der Waals surface area (Å²) in [6.45, 7) is 7.92. The van der Waals surface area contributed by atoms with Gasteiger partial charge in [0.25, 0.3) is 0 Å². The fraction of sp³-hybridized carbons (Fsp3) is 0.480. The smallest absolute Gasteiger partial charge is 0.235 e. The molecule has 3 atom stereocenters. The first-order valence-electron chi connectivity index (χ1n) is 11.5. The van der Waals surface area contributed by atoms with Crippen LogP contribution in [-0.4, -0.2) is 64.4 Å². The molecule has 184 valence electrons. The highest BCUT2D eigenvalue weighted by atomic mass is 32.1. The van der Waals surface area contributed by atoms with E-state index >= 15 is 0 Å². The molecular formula is C25H27FN4O4S. The van der Waals surface area contributed by atoms with Crippen molar-refractivity contribution in [2.24, 2.45) is 11.8 Å². The van der Waals surface area contributed by atoms with Crippen LogP contribution in [0.25, 0.3) is 21.3 Å². The third kappa shape index (κ3) is 4.87. The second kappa shape index (κ2) is 9.41. The predicted octanol–water partition coefficient (Wildman–Crippen LogP) is 3.79.